The zero-order valence-electron chi connectivity index (χ0n) is 7.81. The molecule has 1 aromatic rings. The maximum absolute atomic E-state index is 11.3. The van der Waals surface area contributed by atoms with Crippen LogP contribution in [-0.2, 0) is 11.2 Å². The van der Waals surface area contributed by atoms with E-state index in [1.165, 1.54) is 0 Å². The molecular weight excluding hydrogens is 182 g/mol. The number of carbonyl (C=O) groups is 1. The number of aliphatic hydroxyl groups is 1. The monoisotopic (exact) mass is 195 g/mol. The van der Waals surface area contributed by atoms with Gasteiger partial charge in [0, 0.05) is 31.4 Å². The van der Waals surface area contributed by atoms with Crippen molar-refractivity contribution in [2.24, 2.45) is 0 Å². The standard InChI is InChI=1S/C9H13N3O2/c13-8-3-9(14)12(5-8)2-1-7-4-10-6-11-7/h4,6,8,13H,1-3,5H2,(H,10,11). The molecule has 0 spiro atoms. The molecule has 0 bridgehead atoms. The second kappa shape index (κ2) is 3.79. The summed E-state index contributed by atoms with van der Waals surface area (Å²) in [6.07, 6.45) is 3.92. The number of rotatable bonds is 3. The van der Waals surface area contributed by atoms with E-state index in [0.717, 1.165) is 12.1 Å². The van der Waals surface area contributed by atoms with Crippen molar-refractivity contribution >= 4 is 5.91 Å². The number of aromatic amines is 1. The normalized spacial score (nSPS) is 21.9. The third kappa shape index (κ3) is 1.93. The van der Waals surface area contributed by atoms with E-state index in [-0.39, 0.29) is 12.3 Å². The Morgan fingerprint density at radius 2 is 2.57 bits per heavy atom. The lowest BCUT2D eigenvalue weighted by molar-refractivity contribution is -0.127. The van der Waals surface area contributed by atoms with E-state index >= 15 is 0 Å². The third-order valence-electron chi connectivity index (χ3n) is 2.40. The largest absolute Gasteiger partial charge is 0.391 e. The zero-order chi connectivity index (χ0) is 9.97. The van der Waals surface area contributed by atoms with Crippen molar-refractivity contribution in [2.45, 2.75) is 18.9 Å². The summed E-state index contributed by atoms with van der Waals surface area (Å²) in [6, 6.07) is 0. The molecule has 1 aliphatic rings. The summed E-state index contributed by atoms with van der Waals surface area (Å²) in [5, 5.41) is 9.24. The molecular formula is C9H13N3O2. The number of H-pyrrole nitrogens is 1. The molecule has 2 heterocycles. The highest BCUT2D eigenvalue weighted by atomic mass is 16.3. The number of hydrogen-bond acceptors (Lipinski definition) is 3. The quantitative estimate of drug-likeness (QED) is 0.686. The predicted octanol–water partition coefficient (Wildman–Crippen LogP) is -0.455. The number of amides is 1. The molecule has 2 rings (SSSR count). The van der Waals surface area contributed by atoms with E-state index in [1.54, 1.807) is 17.4 Å². The molecule has 0 radical (unpaired) electrons. The number of likely N-dealkylation sites (tertiary alicyclic amines) is 1. The number of aromatic nitrogens is 2. The van der Waals surface area contributed by atoms with Gasteiger partial charge in [0.05, 0.1) is 18.9 Å². The first-order valence-electron chi connectivity index (χ1n) is 4.69. The summed E-state index contributed by atoms with van der Waals surface area (Å²) in [7, 11) is 0. The third-order valence-corrected chi connectivity index (χ3v) is 2.40. The Labute approximate surface area is 81.8 Å². The highest BCUT2D eigenvalue weighted by Crippen LogP contribution is 2.10. The van der Waals surface area contributed by atoms with Gasteiger partial charge in [-0.15, -0.1) is 0 Å². The minimum atomic E-state index is -0.482. The molecule has 1 aromatic heterocycles. The Hall–Kier alpha value is -1.36. The summed E-state index contributed by atoms with van der Waals surface area (Å²) < 4.78 is 0. The molecule has 1 unspecified atom stereocenters. The minimum absolute atomic E-state index is 0.0389. The topological polar surface area (TPSA) is 69.2 Å². The van der Waals surface area contributed by atoms with Crippen molar-refractivity contribution in [2.75, 3.05) is 13.1 Å². The minimum Gasteiger partial charge on any atom is -0.391 e. The lowest BCUT2D eigenvalue weighted by Gasteiger charge is -2.14. The van der Waals surface area contributed by atoms with Gasteiger partial charge in [0.15, 0.2) is 0 Å². The lowest BCUT2D eigenvalue weighted by atomic mass is 10.3. The fourth-order valence-electron chi connectivity index (χ4n) is 1.64. The van der Waals surface area contributed by atoms with E-state index in [2.05, 4.69) is 9.97 Å². The molecule has 5 nitrogen and oxygen atoms in total. The van der Waals surface area contributed by atoms with E-state index in [0.29, 0.717) is 13.1 Å². The molecule has 1 atom stereocenters. The van der Waals surface area contributed by atoms with Gasteiger partial charge in [0.2, 0.25) is 5.91 Å². The van der Waals surface area contributed by atoms with E-state index in [1.807, 2.05) is 0 Å². The summed E-state index contributed by atoms with van der Waals surface area (Å²) in [4.78, 5) is 19.8. The van der Waals surface area contributed by atoms with Gasteiger partial charge in [0.25, 0.3) is 0 Å². The van der Waals surface area contributed by atoms with Crippen LogP contribution in [0.2, 0.25) is 0 Å². The summed E-state index contributed by atoms with van der Waals surface area (Å²) in [5.41, 5.74) is 1.01. The van der Waals surface area contributed by atoms with E-state index in [4.69, 9.17) is 0 Å². The highest BCUT2D eigenvalue weighted by molar-refractivity contribution is 5.78. The van der Waals surface area contributed by atoms with Gasteiger partial charge in [-0.3, -0.25) is 4.79 Å². The number of nitrogens with one attached hydrogen (secondary N) is 1. The number of aliphatic hydroxyl groups excluding tert-OH is 1. The molecule has 1 aliphatic heterocycles. The summed E-state index contributed by atoms with van der Waals surface area (Å²) in [5.74, 6) is 0.0389. The Balaban J connectivity index is 1.84. The molecule has 2 N–H and O–H groups in total. The van der Waals surface area contributed by atoms with E-state index in [9.17, 15) is 9.90 Å². The van der Waals surface area contributed by atoms with Crippen LogP contribution in [0.3, 0.4) is 0 Å². The van der Waals surface area contributed by atoms with Gasteiger partial charge >= 0.3 is 0 Å². The second-order valence-electron chi connectivity index (χ2n) is 3.52. The second-order valence-corrected chi connectivity index (χ2v) is 3.52. The number of hydrogen-bond donors (Lipinski definition) is 2. The number of nitrogens with zero attached hydrogens (tertiary/aromatic N) is 2. The van der Waals surface area contributed by atoms with Gasteiger partial charge in [-0.1, -0.05) is 0 Å². The van der Waals surface area contributed by atoms with Gasteiger partial charge in [-0.25, -0.2) is 4.98 Å². The van der Waals surface area contributed by atoms with Crippen LogP contribution in [0.25, 0.3) is 0 Å². The first kappa shape index (κ1) is 9.21. The van der Waals surface area contributed by atoms with Crippen molar-refractivity contribution in [3.8, 4) is 0 Å². The molecule has 5 heteroatoms. The summed E-state index contributed by atoms with van der Waals surface area (Å²) >= 11 is 0. The molecule has 0 saturated carbocycles. The van der Waals surface area contributed by atoms with Gasteiger partial charge in [0.1, 0.15) is 0 Å². The molecule has 76 valence electrons. The van der Waals surface area contributed by atoms with Gasteiger partial charge in [-0.05, 0) is 0 Å². The Bertz CT molecular complexity index is 310. The lowest BCUT2D eigenvalue weighted by Crippen LogP contribution is -2.28. The van der Waals surface area contributed by atoms with Crippen molar-refractivity contribution in [1.29, 1.82) is 0 Å². The van der Waals surface area contributed by atoms with Crippen molar-refractivity contribution in [1.82, 2.24) is 14.9 Å². The molecule has 1 saturated heterocycles. The smallest absolute Gasteiger partial charge is 0.225 e. The van der Waals surface area contributed by atoms with E-state index < -0.39 is 6.10 Å². The average molecular weight is 195 g/mol. The molecule has 0 aliphatic carbocycles. The Kier molecular flexibility index (Phi) is 2.49. The van der Waals surface area contributed by atoms with Crippen LogP contribution in [0, 0.1) is 0 Å². The SMILES string of the molecule is O=C1CC(O)CN1CCc1cnc[nH]1. The predicted molar refractivity (Wildman–Crippen MR) is 49.5 cm³/mol. The van der Waals surface area contributed by atoms with Crippen LogP contribution >= 0.6 is 0 Å². The molecule has 0 aromatic carbocycles. The fourth-order valence-corrected chi connectivity index (χ4v) is 1.64. The maximum atomic E-state index is 11.3. The fraction of sp³-hybridized carbons (Fsp3) is 0.556. The first-order valence-corrected chi connectivity index (χ1v) is 4.69. The van der Waals surface area contributed by atoms with Crippen LogP contribution in [-0.4, -0.2) is 45.1 Å². The van der Waals surface area contributed by atoms with Crippen LogP contribution in [0.5, 0.6) is 0 Å². The highest BCUT2D eigenvalue weighted by Gasteiger charge is 2.27. The summed E-state index contributed by atoms with van der Waals surface area (Å²) in [6.45, 7) is 1.12. The molecule has 14 heavy (non-hydrogen) atoms. The van der Waals surface area contributed by atoms with Crippen molar-refractivity contribution in [3.63, 3.8) is 0 Å². The Morgan fingerprint density at radius 3 is 3.14 bits per heavy atom. The van der Waals surface area contributed by atoms with Crippen LogP contribution in [0.15, 0.2) is 12.5 Å². The van der Waals surface area contributed by atoms with Crippen LogP contribution < -0.4 is 0 Å². The van der Waals surface area contributed by atoms with Gasteiger partial charge in [-0.2, -0.15) is 0 Å². The van der Waals surface area contributed by atoms with Crippen LogP contribution in [0.4, 0.5) is 0 Å². The average Bonchev–Trinajstić information content (AvgIpc) is 2.72. The maximum Gasteiger partial charge on any atom is 0.225 e. The Morgan fingerprint density at radius 1 is 1.71 bits per heavy atom. The van der Waals surface area contributed by atoms with Crippen LogP contribution in [0.1, 0.15) is 12.1 Å². The zero-order valence-corrected chi connectivity index (χ0v) is 7.81. The number of imidazole rings is 1. The van der Waals surface area contributed by atoms with Gasteiger partial charge < -0.3 is 15.0 Å². The van der Waals surface area contributed by atoms with Crippen molar-refractivity contribution < 1.29 is 9.90 Å². The molecule has 1 fully saturated rings. The number of carbonyl (C=O) groups excluding carboxylic acids is 1. The first-order chi connectivity index (χ1) is 6.75. The van der Waals surface area contributed by atoms with Crippen molar-refractivity contribution in [3.05, 3.63) is 18.2 Å². The molecule has 1 amide bonds. The number of β-amino-alcohol motifs (C(OH)–C–C–N with tert-alkyl or cyclic N) is 1.